The summed E-state index contributed by atoms with van der Waals surface area (Å²) in [6, 6.07) is 0. The average molecular weight is 270 g/mol. The fourth-order valence-corrected chi connectivity index (χ4v) is 1.75. The molecule has 1 aromatic carbocycles. The van der Waals surface area contributed by atoms with Crippen LogP contribution in [0.3, 0.4) is 0 Å². The van der Waals surface area contributed by atoms with Gasteiger partial charge in [0.2, 0.25) is 11.2 Å². The molecule has 0 aliphatic heterocycles. The number of rotatable bonds is 2. The molecule has 0 atom stereocenters. The number of pyridine rings is 1. The Labute approximate surface area is 104 Å². The first kappa shape index (κ1) is 12.8. The molecule has 0 saturated carbocycles. The van der Waals surface area contributed by atoms with E-state index in [-0.39, 0.29) is 5.52 Å². The summed E-state index contributed by atoms with van der Waals surface area (Å²) in [5.41, 5.74) is 2.71. The van der Waals surface area contributed by atoms with Crippen LogP contribution < -0.4 is 15.9 Å². The lowest BCUT2D eigenvalue weighted by atomic mass is 10.1. The molecule has 2 aromatic rings. The minimum absolute atomic E-state index is 0.200. The third kappa shape index (κ3) is 1.68. The van der Waals surface area contributed by atoms with E-state index in [0.29, 0.717) is 0 Å². The highest BCUT2D eigenvalue weighted by atomic mass is 19.2. The first-order valence-corrected chi connectivity index (χ1v) is 4.99. The number of fused-ring (bicyclic) bond motifs is 1. The van der Waals surface area contributed by atoms with Crippen molar-refractivity contribution in [1.82, 2.24) is 4.98 Å². The van der Waals surface area contributed by atoms with E-state index < -0.39 is 45.4 Å². The number of carboxylic acids is 1. The number of nitrogens with one attached hydrogen (secondary N) is 1. The molecule has 0 saturated heterocycles. The van der Waals surface area contributed by atoms with Crippen LogP contribution in [0.2, 0.25) is 0 Å². The third-order valence-corrected chi connectivity index (χ3v) is 2.64. The number of carbonyl (C=O) groups is 1. The van der Waals surface area contributed by atoms with Crippen LogP contribution in [-0.4, -0.2) is 23.2 Å². The van der Waals surface area contributed by atoms with Gasteiger partial charge in [0.25, 0.3) is 0 Å². The highest BCUT2D eigenvalue weighted by Crippen LogP contribution is 2.32. The summed E-state index contributed by atoms with van der Waals surface area (Å²) in [7, 11) is 1.08. The maximum absolute atomic E-state index is 13.6. The van der Waals surface area contributed by atoms with Crippen molar-refractivity contribution in [3.05, 3.63) is 33.6 Å². The molecule has 0 unspecified atom stereocenters. The fourth-order valence-electron chi connectivity index (χ4n) is 1.75. The summed E-state index contributed by atoms with van der Waals surface area (Å²) in [4.78, 5) is 25.1. The number of nitrogens with two attached hydrogens (primary N) is 1. The summed E-state index contributed by atoms with van der Waals surface area (Å²) in [6.45, 7) is 0. The van der Waals surface area contributed by atoms with Crippen molar-refractivity contribution >= 4 is 22.6 Å². The maximum Gasteiger partial charge on any atom is 0.341 e. The van der Waals surface area contributed by atoms with Gasteiger partial charge in [-0.1, -0.05) is 0 Å². The van der Waals surface area contributed by atoms with Gasteiger partial charge in [-0.05, 0) is 0 Å². The first-order chi connectivity index (χ1) is 8.90. The zero-order chi connectivity index (χ0) is 14.3. The van der Waals surface area contributed by atoms with E-state index in [4.69, 9.17) is 10.8 Å². The Morgan fingerprint density at radius 3 is 2.58 bits per heavy atom. The predicted molar refractivity (Wildman–Crippen MR) is 62.4 cm³/mol. The van der Waals surface area contributed by atoms with Gasteiger partial charge in [-0.2, -0.15) is 4.39 Å². The van der Waals surface area contributed by atoms with E-state index in [0.717, 1.165) is 13.3 Å². The molecule has 1 heterocycles. The number of nitrogen functional groups attached to an aromatic ring is 1. The first-order valence-electron chi connectivity index (χ1n) is 4.99. The highest BCUT2D eigenvalue weighted by Gasteiger charge is 2.23. The van der Waals surface area contributed by atoms with Crippen molar-refractivity contribution in [2.45, 2.75) is 0 Å². The number of halogens is 2. The van der Waals surface area contributed by atoms with Crippen LogP contribution in [-0.2, 0) is 0 Å². The molecule has 0 bridgehead atoms. The summed E-state index contributed by atoms with van der Waals surface area (Å²) in [5, 5.41) is 8.34. The Hall–Kier alpha value is -2.64. The number of H-pyrrole nitrogens is 1. The second-order valence-electron chi connectivity index (χ2n) is 3.66. The lowest BCUT2D eigenvalue weighted by Gasteiger charge is -2.10. The topological polar surface area (TPSA) is 105 Å². The minimum Gasteiger partial charge on any atom is -0.491 e. The molecule has 19 heavy (non-hydrogen) atoms. The fraction of sp³-hybridized carbons (Fsp3) is 0.0909. The number of benzene rings is 1. The maximum atomic E-state index is 13.6. The van der Waals surface area contributed by atoms with Gasteiger partial charge in [0.1, 0.15) is 5.56 Å². The SMILES string of the molecule is COc1c(F)c(F)c(N)c2c(=O)c(C(=O)O)c[nH]c12. The van der Waals surface area contributed by atoms with Gasteiger partial charge >= 0.3 is 5.97 Å². The molecular weight excluding hydrogens is 262 g/mol. The molecule has 0 fully saturated rings. The number of aromatic amines is 1. The Balaban J connectivity index is 3.08. The van der Waals surface area contributed by atoms with Crippen LogP contribution in [0.4, 0.5) is 14.5 Å². The van der Waals surface area contributed by atoms with Gasteiger partial charge in [0, 0.05) is 6.20 Å². The summed E-state index contributed by atoms with van der Waals surface area (Å²) in [6.07, 6.45) is 0.867. The van der Waals surface area contributed by atoms with E-state index in [1.807, 2.05) is 0 Å². The molecular formula is C11H8F2N2O4. The Morgan fingerprint density at radius 2 is 2.05 bits per heavy atom. The van der Waals surface area contributed by atoms with Gasteiger partial charge in [-0.15, -0.1) is 0 Å². The molecule has 0 aliphatic rings. The molecule has 0 radical (unpaired) electrons. The Kier molecular flexibility index (Phi) is 2.85. The van der Waals surface area contributed by atoms with Crippen LogP contribution in [0.15, 0.2) is 11.0 Å². The van der Waals surface area contributed by atoms with E-state index in [1.54, 1.807) is 0 Å². The van der Waals surface area contributed by atoms with Crippen molar-refractivity contribution in [2.24, 2.45) is 0 Å². The largest absolute Gasteiger partial charge is 0.491 e. The lowest BCUT2D eigenvalue weighted by molar-refractivity contribution is 0.0695. The summed E-state index contributed by atoms with van der Waals surface area (Å²) in [5.74, 6) is -4.87. The number of aromatic nitrogens is 1. The standard InChI is InChI=1S/C11H8F2N2O4/c1-19-10-6(13)5(12)7(14)4-8(10)15-2-3(9(4)16)11(17)18/h2H,14H2,1H3,(H,15,16)(H,17,18). The van der Waals surface area contributed by atoms with Crippen LogP contribution >= 0.6 is 0 Å². The van der Waals surface area contributed by atoms with Crippen molar-refractivity contribution in [3.8, 4) is 5.75 Å². The van der Waals surface area contributed by atoms with Gasteiger partial charge < -0.3 is 20.6 Å². The monoisotopic (exact) mass is 270 g/mol. The number of methoxy groups -OCH3 is 1. The number of aromatic carboxylic acids is 1. The van der Waals surface area contributed by atoms with E-state index >= 15 is 0 Å². The normalized spacial score (nSPS) is 10.7. The molecule has 0 spiro atoms. The smallest absolute Gasteiger partial charge is 0.341 e. The van der Waals surface area contributed by atoms with E-state index in [1.165, 1.54) is 0 Å². The number of hydrogen-bond acceptors (Lipinski definition) is 4. The van der Waals surface area contributed by atoms with E-state index in [9.17, 15) is 18.4 Å². The van der Waals surface area contributed by atoms with E-state index in [2.05, 4.69) is 9.72 Å². The summed E-state index contributed by atoms with van der Waals surface area (Å²) < 4.78 is 31.8. The molecule has 0 amide bonds. The number of anilines is 1. The Morgan fingerprint density at radius 1 is 1.42 bits per heavy atom. The third-order valence-electron chi connectivity index (χ3n) is 2.64. The van der Waals surface area contributed by atoms with Crippen LogP contribution in [0.1, 0.15) is 10.4 Å². The lowest BCUT2D eigenvalue weighted by Crippen LogP contribution is -2.18. The van der Waals surface area contributed by atoms with Crippen molar-refractivity contribution in [1.29, 1.82) is 0 Å². The molecule has 2 rings (SSSR count). The summed E-state index contributed by atoms with van der Waals surface area (Å²) >= 11 is 0. The van der Waals surface area contributed by atoms with Gasteiger partial charge in [-0.25, -0.2) is 9.18 Å². The molecule has 4 N–H and O–H groups in total. The van der Waals surface area contributed by atoms with Crippen molar-refractivity contribution in [2.75, 3.05) is 12.8 Å². The van der Waals surface area contributed by atoms with Crippen LogP contribution in [0.25, 0.3) is 10.9 Å². The zero-order valence-electron chi connectivity index (χ0n) is 9.58. The van der Waals surface area contributed by atoms with Crippen LogP contribution in [0.5, 0.6) is 5.75 Å². The second kappa shape index (κ2) is 4.23. The molecule has 0 aliphatic carbocycles. The highest BCUT2D eigenvalue weighted by molar-refractivity contribution is 5.99. The quantitative estimate of drug-likeness (QED) is 0.708. The Bertz CT molecular complexity index is 755. The van der Waals surface area contributed by atoms with Crippen molar-refractivity contribution in [3.63, 3.8) is 0 Å². The average Bonchev–Trinajstić information content (AvgIpc) is 2.36. The number of carboxylic acid groups (broad SMARTS) is 1. The van der Waals surface area contributed by atoms with Gasteiger partial charge in [0.05, 0.1) is 23.7 Å². The minimum atomic E-state index is -1.51. The number of ether oxygens (including phenoxy) is 1. The zero-order valence-corrected chi connectivity index (χ0v) is 9.58. The number of hydrogen-bond donors (Lipinski definition) is 3. The van der Waals surface area contributed by atoms with Gasteiger partial charge in [0.15, 0.2) is 11.6 Å². The predicted octanol–water partition coefficient (Wildman–Crippen LogP) is 1.10. The molecule has 6 nitrogen and oxygen atoms in total. The van der Waals surface area contributed by atoms with Gasteiger partial charge in [-0.3, -0.25) is 4.79 Å². The van der Waals surface area contributed by atoms with Crippen LogP contribution in [0, 0.1) is 11.6 Å². The second-order valence-corrected chi connectivity index (χ2v) is 3.66. The van der Waals surface area contributed by atoms with Crippen molar-refractivity contribution < 1.29 is 23.4 Å². The molecule has 100 valence electrons. The molecule has 8 heteroatoms. The molecule has 1 aromatic heterocycles.